The van der Waals surface area contributed by atoms with Gasteiger partial charge >= 0.3 is 12.0 Å². The number of aliphatic carboxylic acids is 1. The minimum Gasteiger partial charge on any atom is -0.481 e. The minimum atomic E-state index is -0.762. The second kappa shape index (κ2) is 9.63. The van der Waals surface area contributed by atoms with Crippen LogP contribution < -0.4 is 10.6 Å². The van der Waals surface area contributed by atoms with Gasteiger partial charge in [0.2, 0.25) is 0 Å². The van der Waals surface area contributed by atoms with Gasteiger partial charge in [-0.3, -0.25) is 4.79 Å². The van der Waals surface area contributed by atoms with Gasteiger partial charge in [-0.15, -0.1) is 0 Å². The number of halogens is 2. The van der Waals surface area contributed by atoms with Crippen LogP contribution in [0.15, 0.2) is 22.7 Å². The van der Waals surface area contributed by atoms with E-state index in [0.717, 1.165) is 23.7 Å². The normalized spacial score (nSPS) is 10.2. The highest BCUT2D eigenvalue weighted by Gasteiger charge is 2.03. The van der Waals surface area contributed by atoms with Crippen molar-refractivity contribution in [1.29, 1.82) is 0 Å². The number of amides is 2. The van der Waals surface area contributed by atoms with Crippen molar-refractivity contribution in [3.8, 4) is 0 Å². The standard InChI is InChI=1S/C14H18BrClN2O3/c15-11-9-10(6-7-12(11)16)18-14(21)17-8-4-2-1-3-5-13(19)20/h6-7,9H,1-5,8H2,(H,19,20)(H2,17,18,21). The third kappa shape index (κ3) is 7.92. The van der Waals surface area contributed by atoms with Gasteiger partial charge in [-0.1, -0.05) is 24.4 Å². The number of carboxylic acid groups (broad SMARTS) is 1. The first kappa shape index (κ1) is 17.8. The summed E-state index contributed by atoms with van der Waals surface area (Å²) in [4.78, 5) is 22.0. The second-order valence-electron chi connectivity index (χ2n) is 4.57. The fourth-order valence-corrected chi connectivity index (χ4v) is 2.20. The molecule has 0 saturated carbocycles. The van der Waals surface area contributed by atoms with Crippen LogP contribution in [0.25, 0.3) is 0 Å². The number of hydrogen-bond acceptors (Lipinski definition) is 2. The van der Waals surface area contributed by atoms with Crippen molar-refractivity contribution in [2.24, 2.45) is 0 Å². The number of rotatable bonds is 8. The van der Waals surface area contributed by atoms with E-state index in [2.05, 4.69) is 26.6 Å². The Morgan fingerprint density at radius 3 is 2.57 bits per heavy atom. The summed E-state index contributed by atoms with van der Waals surface area (Å²) in [5.41, 5.74) is 0.658. The Morgan fingerprint density at radius 2 is 1.90 bits per heavy atom. The molecule has 7 heteroatoms. The molecule has 2 amide bonds. The summed E-state index contributed by atoms with van der Waals surface area (Å²) < 4.78 is 0.723. The molecule has 116 valence electrons. The number of hydrogen-bond donors (Lipinski definition) is 3. The first-order valence-electron chi connectivity index (χ1n) is 6.70. The van der Waals surface area contributed by atoms with Crippen molar-refractivity contribution >= 4 is 45.2 Å². The predicted octanol–water partition coefficient (Wildman–Crippen LogP) is 4.26. The Balaban J connectivity index is 2.14. The van der Waals surface area contributed by atoms with Crippen molar-refractivity contribution in [3.05, 3.63) is 27.7 Å². The van der Waals surface area contributed by atoms with E-state index in [9.17, 15) is 9.59 Å². The van der Waals surface area contributed by atoms with Crippen LogP contribution in [0.3, 0.4) is 0 Å². The Morgan fingerprint density at radius 1 is 1.19 bits per heavy atom. The van der Waals surface area contributed by atoms with Crippen molar-refractivity contribution in [2.75, 3.05) is 11.9 Å². The zero-order chi connectivity index (χ0) is 15.7. The summed E-state index contributed by atoms with van der Waals surface area (Å²) in [5, 5.41) is 14.5. The smallest absolute Gasteiger partial charge is 0.319 e. The number of anilines is 1. The Labute approximate surface area is 137 Å². The molecular formula is C14H18BrClN2O3. The van der Waals surface area contributed by atoms with Gasteiger partial charge in [0.15, 0.2) is 0 Å². The van der Waals surface area contributed by atoms with Gasteiger partial charge in [0.05, 0.1) is 5.02 Å². The van der Waals surface area contributed by atoms with Gasteiger partial charge in [-0.05, 0) is 47.0 Å². The maximum Gasteiger partial charge on any atom is 0.319 e. The minimum absolute atomic E-state index is 0.208. The molecule has 3 N–H and O–H groups in total. The molecule has 0 atom stereocenters. The predicted molar refractivity (Wildman–Crippen MR) is 86.9 cm³/mol. The lowest BCUT2D eigenvalue weighted by molar-refractivity contribution is -0.137. The van der Waals surface area contributed by atoms with E-state index in [1.54, 1.807) is 18.2 Å². The summed E-state index contributed by atoms with van der Waals surface area (Å²) >= 11 is 9.16. The van der Waals surface area contributed by atoms with Crippen molar-refractivity contribution in [1.82, 2.24) is 5.32 Å². The molecule has 1 aromatic rings. The molecule has 0 aromatic heterocycles. The zero-order valence-electron chi connectivity index (χ0n) is 11.5. The number of urea groups is 1. The number of carbonyl (C=O) groups excluding carboxylic acids is 1. The van der Waals surface area contributed by atoms with Gasteiger partial charge in [0.1, 0.15) is 0 Å². The average molecular weight is 378 g/mol. The molecule has 0 spiro atoms. The third-order valence-electron chi connectivity index (χ3n) is 2.78. The van der Waals surface area contributed by atoms with E-state index >= 15 is 0 Å². The SMILES string of the molecule is O=C(O)CCCCCCNC(=O)Nc1ccc(Cl)c(Br)c1. The molecular weight excluding hydrogens is 360 g/mol. The van der Waals surface area contributed by atoms with E-state index in [-0.39, 0.29) is 12.5 Å². The van der Waals surface area contributed by atoms with Crippen LogP contribution in [0.2, 0.25) is 5.02 Å². The van der Waals surface area contributed by atoms with Crippen LogP contribution in [0, 0.1) is 0 Å². The number of unbranched alkanes of at least 4 members (excludes halogenated alkanes) is 3. The molecule has 0 unspecified atom stereocenters. The fourth-order valence-electron chi connectivity index (χ4n) is 1.71. The molecule has 0 heterocycles. The lowest BCUT2D eigenvalue weighted by atomic mass is 10.1. The molecule has 21 heavy (non-hydrogen) atoms. The topological polar surface area (TPSA) is 78.4 Å². The van der Waals surface area contributed by atoms with E-state index in [1.165, 1.54) is 0 Å². The number of carbonyl (C=O) groups is 2. The Bertz CT molecular complexity index is 497. The first-order valence-corrected chi connectivity index (χ1v) is 7.88. The van der Waals surface area contributed by atoms with E-state index in [1.807, 2.05) is 0 Å². The molecule has 0 aliphatic rings. The molecule has 1 rings (SSSR count). The monoisotopic (exact) mass is 376 g/mol. The van der Waals surface area contributed by atoms with Gasteiger partial charge < -0.3 is 15.7 Å². The molecule has 0 radical (unpaired) electrons. The highest BCUT2D eigenvalue weighted by molar-refractivity contribution is 9.10. The van der Waals surface area contributed by atoms with Gasteiger partial charge in [0.25, 0.3) is 0 Å². The van der Waals surface area contributed by atoms with Crippen molar-refractivity contribution in [2.45, 2.75) is 32.1 Å². The largest absolute Gasteiger partial charge is 0.481 e. The van der Waals surface area contributed by atoms with E-state index in [0.29, 0.717) is 23.7 Å². The molecule has 0 aliphatic carbocycles. The quantitative estimate of drug-likeness (QED) is 0.592. The average Bonchev–Trinajstić information content (AvgIpc) is 2.41. The maximum absolute atomic E-state index is 11.6. The van der Waals surface area contributed by atoms with Crippen LogP contribution in [-0.4, -0.2) is 23.7 Å². The Kier molecular flexibility index (Phi) is 8.15. The maximum atomic E-state index is 11.6. The summed E-state index contributed by atoms with van der Waals surface area (Å²) in [5.74, 6) is -0.762. The highest BCUT2D eigenvalue weighted by Crippen LogP contribution is 2.25. The number of carboxylic acids is 1. The summed E-state index contributed by atoms with van der Waals surface area (Å²) in [7, 11) is 0. The molecule has 0 aliphatic heterocycles. The zero-order valence-corrected chi connectivity index (χ0v) is 13.8. The van der Waals surface area contributed by atoms with Crippen LogP contribution >= 0.6 is 27.5 Å². The summed E-state index contributed by atoms with van der Waals surface area (Å²) in [6, 6.07) is 4.88. The Hall–Kier alpha value is -1.27. The van der Waals surface area contributed by atoms with Gasteiger partial charge in [0, 0.05) is 23.1 Å². The molecule has 0 saturated heterocycles. The second-order valence-corrected chi connectivity index (χ2v) is 5.83. The summed E-state index contributed by atoms with van der Waals surface area (Å²) in [6.45, 7) is 0.563. The number of nitrogens with one attached hydrogen (secondary N) is 2. The lowest BCUT2D eigenvalue weighted by Gasteiger charge is -2.08. The molecule has 1 aromatic carbocycles. The van der Waals surface area contributed by atoms with Crippen molar-refractivity contribution in [3.63, 3.8) is 0 Å². The van der Waals surface area contributed by atoms with Crippen LogP contribution in [0.1, 0.15) is 32.1 Å². The van der Waals surface area contributed by atoms with Crippen LogP contribution in [-0.2, 0) is 4.79 Å². The van der Waals surface area contributed by atoms with E-state index < -0.39 is 5.97 Å². The first-order chi connectivity index (χ1) is 9.99. The van der Waals surface area contributed by atoms with Crippen LogP contribution in [0.5, 0.6) is 0 Å². The fraction of sp³-hybridized carbons (Fsp3) is 0.429. The lowest BCUT2D eigenvalue weighted by Crippen LogP contribution is -2.29. The van der Waals surface area contributed by atoms with Gasteiger partial charge in [-0.25, -0.2) is 4.79 Å². The summed E-state index contributed by atoms with van der Waals surface area (Å²) in [6.07, 6.45) is 3.48. The van der Waals surface area contributed by atoms with Crippen LogP contribution in [0.4, 0.5) is 10.5 Å². The van der Waals surface area contributed by atoms with Crippen molar-refractivity contribution < 1.29 is 14.7 Å². The van der Waals surface area contributed by atoms with Gasteiger partial charge in [-0.2, -0.15) is 0 Å². The molecule has 5 nitrogen and oxygen atoms in total. The number of benzene rings is 1. The highest BCUT2D eigenvalue weighted by atomic mass is 79.9. The molecule has 0 bridgehead atoms. The third-order valence-corrected chi connectivity index (χ3v) is 3.99. The van der Waals surface area contributed by atoms with E-state index in [4.69, 9.17) is 16.7 Å². The molecule has 0 fully saturated rings.